The van der Waals surface area contributed by atoms with Crippen molar-refractivity contribution in [3.63, 3.8) is 0 Å². The standard InChI is InChI=1S/C26H20Br2N4O2S/c1-15-3-7-18(8-4-15)32-23(31-24-20(25(32)33)11-17(27)12-21(24)28)13-29-26-30-22(14-35-26)16-5-9-19(34-2)10-6-16/h3-12,14H,13H2,1-2H3,(H,29,30). The summed E-state index contributed by atoms with van der Waals surface area (Å²) in [5, 5.41) is 6.63. The zero-order chi connectivity index (χ0) is 24.5. The molecule has 1 N–H and O–H groups in total. The van der Waals surface area contributed by atoms with Crippen molar-refractivity contribution >= 4 is 59.2 Å². The smallest absolute Gasteiger partial charge is 0.266 e. The van der Waals surface area contributed by atoms with E-state index < -0.39 is 0 Å². The molecular formula is C26H20Br2N4O2S. The predicted molar refractivity (Wildman–Crippen MR) is 149 cm³/mol. The number of nitrogens with one attached hydrogen (secondary N) is 1. The number of aromatic nitrogens is 3. The Morgan fingerprint density at radius 1 is 1.03 bits per heavy atom. The topological polar surface area (TPSA) is 69.0 Å². The average molecular weight is 612 g/mol. The number of anilines is 1. The van der Waals surface area contributed by atoms with Crippen molar-refractivity contribution in [3.05, 3.63) is 96.7 Å². The van der Waals surface area contributed by atoms with E-state index in [-0.39, 0.29) is 5.56 Å². The molecule has 0 aliphatic carbocycles. The molecule has 35 heavy (non-hydrogen) atoms. The number of rotatable bonds is 6. The SMILES string of the molecule is COc1ccc(-c2csc(NCc3nc4c(Br)cc(Br)cc4c(=O)n3-c3ccc(C)cc3)n2)cc1. The molecule has 5 aromatic rings. The van der Waals surface area contributed by atoms with Crippen LogP contribution >= 0.6 is 43.2 Å². The summed E-state index contributed by atoms with van der Waals surface area (Å²) in [7, 11) is 1.65. The molecule has 6 nitrogen and oxygen atoms in total. The Hall–Kier alpha value is -3.01. The first kappa shape index (κ1) is 23.7. The summed E-state index contributed by atoms with van der Waals surface area (Å²) in [5.74, 6) is 1.40. The van der Waals surface area contributed by atoms with Gasteiger partial charge >= 0.3 is 0 Å². The number of benzene rings is 3. The lowest BCUT2D eigenvalue weighted by atomic mass is 10.2. The summed E-state index contributed by atoms with van der Waals surface area (Å²) in [5.41, 5.74) is 4.25. The number of hydrogen-bond acceptors (Lipinski definition) is 6. The maximum atomic E-state index is 13.6. The third kappa shape index (κ3) is 4.89. The third-order valence-corrected chi connectivity index (χ3v) is 7.40. The van der Waals surface area contributed by atoms with Gasteiger partial charge < -0.3 is 10.1 Å². The Balaban J connectivity index is 1.52. The van der Waals surface area contributed by atoms with E-state index in [9.17, 15) is 4.79 Å². The second-order valence-corrected chi connectivity index (χ2v) is 10.5. The molecule has 0 fully saturated rings. The van der Waals surface area contributed by atoms with Crippen LogP contribution in [-0.4, -0.2) is 21.6 Å². The van der Waals surface area contributed by atoms with Crippen LogP contribution in [0.3, 0.4) is 0 Å². The predicted octanol–water partition coefficient (Wildman–Crippen LogP) is 6.96. The molecule has 0 aliphatic rings. The lowest BCUT2D eigenvalue weighted by molar-refractivity contribution is 0.415. The van der Waals surface area contributed by atoms with Crippen LogP contribution in [0.25, 0.3) is 27.8 Å². The summed E-state index contributed by atoms with van der Waals surface area (Å²) in [4.78, 5) is 23.2. The molecule has 2 heterocycles. The van der Waals surface area contributed by atoms with Gasteiger partial charge in [-0.25, -0.2) is 9.97 Å². The maximum absolute atomic E-state index is 13.6. The van der Waals surface area contributed by atoms with Gasteiger partial charge in [0.25, 0.3) is 5.56 Å². The van der Waals surface area contributed by atoms with Crippen LogP contribution in [0, 0.1) is 6.92 Å². The second kappa shape index (κ2) is 9.93. The van der Waals surface area contributed by atoms with Gasteiger partial charge in [0.05, 0.1) is 35.9 Å². The molecule has 3 aromatic carbocycles. The van der Waals surface area contributed by atoms with E-state index in [1.54, 1.807) is 17.7 Å². The minimum absolute atomic E-state index is 0.129. The quantitative estimate of drug-likeness (QED) is 0.225. The third-order valence-electron chi connectivity index (χ3n) is 5.54. The normalized spacial score (nSPS) is 11.1. The number of thiazole rings is 1. The summed E-state index contributed by atoms with van der Waals surface area (Å²) in [6, 6.07) is 19.3. The first-order valence-electron chi connectivity index (χ1n) is 10.7. The van der Waals surface area contributed by atoms with Gasteiger partial charge in [-0.3, -0.25) is 9.36 Å². The lowest BCUT2D eigenvalue weighted by Crippen LogP contribution is -2.25. The number of fused-ring (bicyclic) bond motifs is 1. The Morgan fingerprint density at radius 2 is 1.77 bits per heavy atom. The van der Waals surface area contributed by atoms with E-state index in [0.29, 0.717) is 23.3 Å². The first-order valence-corrected chi connectivity index (χ1v) is 13.2. The fourth-order valence-electron chi connectivity index (χ4n) is 3.74. The Labute approximate surface area is 222 Å². The number of nitrogens with zero attached hydrogens (tertiary/aromatic N) is 3. The lowest BCUT2D eigenvalue weighted by Gasteiger charge is -2.15. The minimum atomic E-state index is -0.129. The molecule has 5 rings (SSSR count). The molecule has 0 aliphatic heterocycles. The van der Waals surface area contributed by atoms with Crippen molar-refractivity contribution < 1.29 is 4.74 Å². The molecule has 0 unspecified atom stereocenters. The van der Waals surface area contributed by atoms with Crippen molar-refractivity contribution in [2.75, 3.05) is 12.4 Å². The molecule has 0 atom stereocenters. The monoisotopic (exact) mass is 610 g/mol. The van der Waals surface area contributed by atoms with E-state index in [1.165, 1.54) is 11.3 Å². The van der Waals surface area contributed by atoms with Gasteiger partial charge in [-0.1, -0.05) is 33.6 Å². The molecule has 0 amide bonds. The number of methoxy groups -OCH3 is 1. The van der Waals surface area contributed by atoms with E-state index in [1.807, 2.05) is 66.9 Å². The Kier molecular flexibility index (Phi) is 6.73. The second-order valence-electron chi connectivity index (χ2n) is 7.91. The van der Waals surface area contributed by atoms with E-state index in [0.717, 1.165) is 42.3 Å². The van der Waals surface area contributed by atoms with Crippen molar-refractivity contribution in [2.45, 2.75) is 13.5 Å². The fraction of sp³-hybridized carbons (Fsp3) is 0.115. The van der Waals surface area contributed by atoms with Gasteiger partial charge in [0.2, 0.25) is 0 Å². The highest BCUT2D eigenvalue weighted by molar-refractivity contribution is 9.11. The maximum Gasteiger partial charge on any atom is 0.266 e. The van der Waals surface area contributed by atoms with Crippen LogP contribution in [0.5, 0.6) is 5.75 Å². The highest BCUT2D eigenvalue weighted by Gasteiger charge is 2.16. The van der Waals surface area contributed by atoms with Crippen molar-refractivity contribution in [2.24, 2.45) is 0 Å². The molecule has 0 spiro atoms. The number of halogens is 2. The van der Waals surface area contributed by atoms with Gasteiger partial charge in [-0.05, 0) is 71.4 Å². The van der Waals surface area contributed by atoms with Crippen LogP contribution in [0.2, 0.25) is 0 Å². The Morgan fingerprint density at radius 3 is 2.49 bits per heavy atom. The van der Waals surface area contributed by atoms with Crippen molar-refractivity contribution in [1.29, 1.82) is 0 Å². The van der Waals surface area contributed by atoms with Gasteiger partial charge in [0.1, 0.15) is 11.6 Å². The number of aryl methyl sites for hydroxylation is 1. The molecular weight excluding hydrogens is 592 g/mol. The molecule has 0 saturated carbocycles. The van der Waals surface area contributed by atoms with Crippen LogP contribution in [-0.2, 0) is 6.54 Å². The highest BCUT2D eigenvalue weighted by atomic mass is 79.9. The summed E-state index contributed by atoms with van der Waals surface area (Å²) >= 11 is 8.55. The summed E-state index contributed by atoms with van der Waals surface area (Å²) in [6.07, 6.45) is 0. The first-order chi connectivity index (χ1) is 16.9. The number of hydrogen-bond donors (Lipinski definition) is 1. The van der Waals surface area contributed by atoms with E-state index >= 15 is 0 Å². The van der Waals surface area contributed by atoms with Crippen molar-refractivity contribution in [1.82, 2.24) is 14.5 Å². The van der Waals surface area contributed by atoms with Crippen molar-refractivity contribution in [3.8, 4) is 22.7 Å². The highest BCUT2D eigenvalue weighted by Crippen LogP contribution is 2.28. The largest absolute Gasteiger partial charge is 0.497 e. The summed E-state index contributed by atoms with van der Waals surface area (Å²) < 4.78 is 8.46. The van der Waals surface area contributed by atoms with Gasteiger partial charge in [-0.15, -0.1) is 11.3 Å². The van der Waals surface area contributed by atoms with E-state index in [4.69, 9.17) is 14.7 Å². The van der Waals surface area contributed by atoms with Crippen LogP contribution in [0.4, 0.5) is 5.13 Å². The van der Waals surface area contributed by atoms with Crippen LogP contribution in [0.15, 0.2) is 79.8 Å². The average Bonchev–Trinajstić information content (AvgIpc) is 3.33. The van der Waals surface area contributed by atoms with Crippen LogP contribution in [0.1, 0.15) is 11.4 Å². The van der Waals surface area contributed by atoms with Gasteiger partial charge in [0.15, 0.2) is 5.13 Å². The molecule has 0 radical (unpaired) electrons. The zero-order valence-electron chi connectivity index (χ0n) is 18.9. The van der Waals surface area contributed by atoms with E-state index in [2.05, 4.69) is 37.2 Å². The zero-order valence-corrected chi connectivity index (χ0v) is 22.9. The molecule has 0 bridgehead atoms. The molecule has 9 heteroatoms. The minimum Gasteiger partial charge on any atom is -0.497 e. The molecule has 176 valence electrons. The molecule has 2 aromatic heterocycles. The van der Waals surface area contributed by atoms with Gasteiger partial charge in [0, 0.05) is 19.9 Å². The summed E-state index contributed by atoms with van der Waals surface area (Å²) in [6.45, 7) is 2.35. The molecule has 0 saturated heterocycles. The van der Waals surface area contributed by atoms with Gasteiger partial charge in [-0.2, -0.15) is 0 Å². The number of ether oxygens (including phenoxy) is 1. The fourth-order valence-corrected chi connectivity index (χ4v) is 5.77. The van der Waals surface area contributed by atoms with Crippen LogP contribution < -0.4 is 15.6 Å². The Bertz CT molecular complexity index is 1580.